The number of benzene rings is 2. The third kappa shape index (κ3) is 5.08. The summed E-state index contributed by atoms with van der Waals surface area (Å²) < 4.78 is 5.19. The van der Waals surface area contributed by atoms with Gasteiger partial charge in [-0.05, 0) is 30.2 Å². The van der Waals surface area contributed by atoms with Crippen LogP contribution in [0.3, 0.4) is 0 Å². The Bertz CT molecular complexity index is 926. The predicted molar refractivity (Wildman–Crippen MR) is 96.9 cm³/mol. The number of nitro groups is 2. The first kappa shape index (κ1) is 19.5. The summed E-state index contributed by atoms with van der Waals surface area (Å²) in [4.78, 5) is 32.3. The number of carbonyl (C=O) groups is 1. The third-order valence-corrected chi connectivity index (χ3v) is 3.66. The Labute approximate surface area is 153 Å². The van der Waals surface area contributed by atoms with Crippen LogP contribution in [-0.2, 0) is 11.2 Å². The molecule has 0 aliphatic heterocycles. The van der Waals surface area contributed by atoms with E-state index in [9.17, 15) is 25.0 Å². The first-order valence-electron chi connectivity index (χ1n) is 7.70. The average molecular weight is 372 g/mol. The molecule has 0 aliphatic rings. The SMILES string of the molecule is COc1cc(/C=N\NC(=O)Cc2ccc([N+](=O)[O-])cc2[N+](=O)[O-])ccc1C. The summed E-state index contributed by atoms with van der Waals surface area (Å²) in [5.74, 6) is 0.0778. The van der Waals surface area contributed by atoms with E-state index in [1.54, 1.807) is 19.2 Å². The van der Waals surface area contributed by atoms with Crippen LogP contribution in [0.15, 0.2) is 41.5 Å². The van der Waals surface area contributed by atoms with Crippen molar-refractivity contribution >= 4 is 23.5 Å². The minimum Gasteiger partial charge on any atom is -0.496 e. The van der Waals surface area contributed by atoms with Gasteiger partial charge in [-0.1, -0.05) is 12.1 Å². The van der Waals surface area contributed by atoms with Crippen molar-refractivity contribution in [3.8, 4) is 5.75 Å². The highest BCUT2D eigenvalue weighted by Gasteiger charge is 2.20. The van der Waals surface area contributed by atoms with Crippen molar-refractivity contribution in [2.24, 2.45) is 5.10 Å². The number of amides is 1. The minimum atomic E-state index is -0.766. The van der Waals surface area contributed by atoms with Crippen molar-refractivity contribution in [1.29, 1.82) is 0 Å². The van der Waals surface area contributed by atoms with Gasteiger partial charge in [0, 0.05) is 11.6 Å². The molecule has 0 saturated carbocycles. The van der Waals surface area contributed by atoms with Crippen molar-refractivity contribution in [3.63, 3.8) is 0 Å². The Hall–Kier alpha value is -3.82. The van der Waals surface area contributed by atoms with Crippen molar-refractivity contribution in [2.45, 2.75) is 13.3 Å². The lowest BCUT2D eigenvalue weighted by Crippen LogP contribution is -2.20. The van der Waals surface area contributed by atoms with Gasteiger partial charge in [0.25, 0.3) is 11.4 Å². The molecule has 0 aliphatic carbocycles. The second kappa shape index (κ2) is 8.52. The molecular weight excluding hydrogens is 356 g/mol. The number of hydrogen-bond donors (Lipinski definition) is 1. The smallest absolute Gasteiger partial charge is 0.279 e. The van der Waals surface area contributed by atoms with Crippen LogP contribution in [0.5, 0.6) is 5.75 Å². The Morgan fingerprint density at radius 3 is 2.56 bits per heavy atom. The molecule has 2 rings (SSSR count). The lowest BCUT2D eigenvalue weighted by molar-refractivity contribution is -0.394. The fourth-order valence-electron chi connectivity index (χ4n) is 2.29. The van der Waals surface area contributed by atoms with E-state index in [1.807, 2.05) is 13.0 Å². The fraction of sp³-hybridized carbons (Fsp3) is 0.176. The third-order valence-electron chi connectivity index (χ3n) is 3.66. The molecule has 10 heteroatoms. The van der Waals surface area contributed by atoms with E-state index in [1.165, 1.54) is 12.3 Å². The van der Waals surface area contributed by atoms with Gasteiger partial charge in [0.2, 0.25) is 5.91 Å². The maximum Gasteiger partial charge on any atom is 0.279 e. The first-order chi connectivity index (χ1) is 12.8. The number of rotatable bonds is 7. The molecular formula is C17H16N4O6. The molecule has 27 heavy (non-hydrogen) atoms. The van der Waals surface area contributed by atoms with Crippen molar-refractivity contribution in [3.05, 3.63) is 73.3 Å². The summed E-state index contributed by atoms with van der Waals surface area (Å²) >= 11 is 0. The van der Waals surface area contributed by atoms with Gasteiger partial charge < -0.3 is 4.74 Å². The second-order valence-electron chi connectivity index (χ2n) is 5.53. The number of hydrogen-bond acceptors (Lipinski definition) is 7. The molecule has 0 aromatic heterocycles. The van der Waals surface area contributed by atoms with Gasteiger partial charge in [-0.2, -0.15) is 5.10 Å². The number of nitrogens with one attached hydrogen (secondary N) is 1. The number of ether oxygens (including phenoxy) is 1. The van der Waals surface area contributed by atoms with Gasteiger partial charge >= 0.3 is 0 Å². The van der Waals surface area contributed by atoms with Crippen LogP contribution < -0.4 is 10.2 Å². The lowest BCUT2D eigenvalue weighted by atomic mass is 10.1. The molecule has 1 N–H and O–H groups in total. The Morgan fingerprint density at radius 1 is 1.19 bits per heavy atom. The average Bonchev–Trinajstić information content (AvgIpc) is 2.63. The maximum atomic E-state index is 12.0. The molecule has 0 unspecified atom stereocenters. The number of nitrogens with zero attached hydrogens (tertiary/aromatic N) is 3. The molecule has 2 aromatic carbocycles. The summed E-state index contributed by atoms with van der Waals surface area (Å²) in [6, 6.07) is 8.48. The molecule has 0 saturated heterocycles. The minimum absolute atomic E-state index is 0.0512. The molecule has 0 fully saturated rings. The number of aryl methyl sites for hydroxylation is 1. The number of carbonyl (C=O) groups excluding carboxylic acids is 1. The zero-order valence-electron chi connectivity index (χ0n) is 14.5. The highest BCUT2D eigenvalue weighted by molar-refractivity contribution is 5.84. The predicted octanol–water partition coefficient (Wildman–Crippen LogP) is 2.51. The van der Waals surface area contributed by atoms with Crippen LogP contribution in [0.2, 0.25) is 0 Å². The number of hydrazone groups is 1. The van der Waals surface area contributed by atoms with E-state index < -0.39 is 27.1 Å². The number of non-ortho nitro benzene ring substituents is 1. The molecule has 0 heterocycles. The van der Waals surface area contributed by atoms with E-state index in [2.05, 4.69) is 10.5 Å². The quantitative estimate of drug-likeness (QED) is 0.450. The van der Waals surface area contributed by atoms with Crippen LogP contribution >= 0.6 is 0 Å². The number of methoxy groups -OCH3 is 1. The Morgan fingerprint density at radius 2 is 1.93 bits per heavy atom. The summed E-state index contributed by atoms with van der Waals surface area (Å²) in [6.45, 7) is 1.89. The van der Waals surface area contributed by atoms with E-state index >= 15 is 0 Å². The summed E-state index contributed by atoms with van der Waals surface area (Å²) in [6.07, 6.45) is 1.06. The van der Waals surface area contributed by atoms with Gasteiger partial charge in [-0.3, -0.25) is 25.0 Å². The molecule has 10 nitrogen and oxygen atoms in total. The van der Waals surface area contributed by atoms with E-state index in [0.29, 0.717) is 11.3 Å². The Kier molecular flexibility index (Phi) is 6.15. The van der Waals surface area contributed by atoms with Crippen LogP contribution in [-0.4, -0.2) is 29.1 Å². The van der Waals surface area contributed by atoms with Crippen molar-refractivity contribution in [1.82, 2.24) is 5.43 Å². The molecule has 0 radical (unpaired) electrons. The van der Waals surface area contributed by atoms with Gasteiger partial charge in [0.15, 0.2) is 0 Å². The van der Waals surface area contributed by atoms with Crippen molar-refractivity contribution in [2.75, 3.05) is 7.11 Å². The fourth-order valence-corrected chi connectivity index (χ4v) is 2.29. The highest BCUT2D eigenvalue weighted by atomic mass is 16.6. The van der Waals surface area contributed by atoms with Gasteiger partial charge in [-0.25, -0.2) is 5.43 Å². The van der Waals surface area contributed by atoms with Gasteiger partial charge in [0.1, 0.15) is 5.75 Å². The standard InChI is InChI=1S/C17H16N4O6/c1-11-3-4-12(7-16(11)27-2)10-18-19-17(22)8-13-5-6-14(20(23)24)9-15(13)21(25)26/h3-7,9-10H,8H2,1-2H3,(H,19,22)/b18-10-. The Balaban J connectivity index is 2.07. The molecule has 0 bridgehead atoms. The van der Waals surface area contributed by atoms with Gasteiger partial charge in [-0.15, -0.1) is 0 Å². The van der Waals surface area contributed by atoms with Crippen LogP contribution in [0.25, 0.3) is 0 Å². The van der Waals surface area contributed by atoms with Crippen molar-refractivity contribution < 1.29 is 19.4 Å². The number of nitro benzene ring substituents is 2. The second-order valence-corrected chi connectivity index (χ2v) is 5.53. The molecule has 0 atom stereocenters. The summed E-state index contributed by atoms with van der Waals surface area (Å²) in [7, 11) is 1.54. The molecule has 140 valence electrons. The summed E-state index contributed by atoms with van der Waals surface area (Å²) in [5.41, 5.74) is 3.05. The van der Waals surface area contributed by atoms with Crippen LogP contribution in [0.4, 0.5) is 11.4 Å². The van der Waals surface area contributed by atoms with Crippen LogP contribution in [0.1, 0.15) is 16.7 Å². The normalized spacial score (nSPS) is 10.6. The maximum absolute atomic E-state index is 12.0. The topological polar surface area (TPSA) is 137 Å². The zero-order chi connectivity index (χ0) is 20.0. The molecule has 2 aromatic rings. The highest BCUT2D eigenvalue weighted by Crippen LogP contribution is 2.25. The van der Waals surface area contributed by atoms with E-state index in [-0.39, 0.29) is 12.0 Å². The first-order valence-corrected chi connectivity index (χ1v) is 7.70. The molecule has 1 amide bonds. The molecule has 0 spiro atoms. The van der Waals surface area contributed by atoms with E-state index in [4.69, 9.17) is 4.74 Å². The largest absolute Gasteiger partial charge is 0.496 e. The lowest BCUT2D eigenvalue weighted by Gasteiger charge is -2.05. The van der Waals surface area contributed by atoms with Crippen LogP contribution in [0, 0.1) is 27.2 Å². The zero-order valence-corrected chi connectivity index (χ0v) is 14.5. The van der Waals surface area contributed by atoms with Gasteiger partial charge in [0.05, 0.1) is 35.7 Å². The summed E-state index contributed by atoms with van der Waals surface area (Å²) in [5, 5.41) is 25.6. The van der Waals surface area contributed by atoms with E-state index in [0.717, 1.165) is 17.7 Å². The monoisotopic (exact) mass is 372 g/mol.